The van der Waals surface area contributed by atoms with Crippen LogP contribution in [0.5, 0.6) is 0 Å². The van der Waals surface area contributed by atoms with Crippen LogP contribution in [0.1, 0.15) is 82.9 Å². The fourth-order valence-corrected chi connectivity index (χ4v) is 10.1. The zero-order chi connectivity index (χ0) is 64.6. The van der Waals surface area contributed by atoms with Crippen molar-refractivity contribution in [1.82, 2.24) is 0 Å². The monoisotopic (exact) mass is 1250 g/mol. The first-order valence-electron chi connectivity index (χ1n) is 28.5. The van der Waals surface area contributed by atoms with Crippen LogP contribution in [-0.2, 0) is 80.7 Å². The average Bonchev–Trinajstić information content (AvgIpc) is 2.15. The van der Waals surface area contributed by atoms with Gasteiger partial charge in [0, 0.05) is 20.8 Å². The number of carbonyl (C=O) groups excluding carboxylic acids is 9. The molecule has 25 nitrogen and oxygen atoms in total. The Labute approximate surface area is 519 Å². The first-order valence-corrected chi connectivity index (χ1v) is 28.5. The lowest BCUT2D eigenvalue weighted by Gasteiger charge is -2.45. The summed E-state index contributed by atoms with van der Waals surface area (Å²) in [4.78, 5) is 124. The van der Waals surface area contributed by atoms with Gasteiger partial charge in [-0.15, -0.1) is 0 Å². The maximum absolute atomic E-state index is 14.3. The van der Waals surface area contributed by atoms with Gasteiger partial charge in [-0.2, -0.15) is 0 Å². The molecule has 25 heteroatoms. The normalized spacial score (nSPS) is 24.8. The van der Waals surface area contributed by atoms with E-state index < -0.39 is 166 Å². The Morgan fingerprint density at radius 2 is 0.736 bits per heavy atom. The second kappa shape index (κ2) is 31.1. The lowest BCUT2D eigenvalue weighted by molar-refractivity contribution is -0.336. The number of aliphatic hydroxyl groups excluding tert-OH is 2. The summed E-state index contributed by atoms with van der Waals surface area (Å²) in [5.41, 5.74) is -0.0137. The smallest absolute Gasteiger partial charge is 0.338 e. The summed E-state index contributed by atoms with van der Waals surface area (Å²) in [5, 5.41) is 22.7. The van der Waals surface area contributed by atoms with E-state index in [9.17, 15) is 53.4 Å². The lowest BCUT2D eigenvalue weighted by Crippen LogP contribution is -2.64. The van der Waals surface area contributed by atoms with E-state index in [1.54, 1.807) is 72.8 Å². The second-order valence-corrected chi connectivity index (χ2v) is 20.6. The molecule has 3 heterocycles. The molecule has 15 atom stereocenters. The molecule has 0 saturated carbocycles. The third kappa shape index (κ3) is 17.0. The number of aliphatic hydroxyl groups is 2. The summed E-state index contributed by atoms with van der Waals surface area (Å²) in [6, 6.07) is 45.3. The van der Waals surface area contributed by atoms with Crippen molar-refractivity contribution in [3.8, 4) is 0 Å². The van der Waals surface area contributed by atoms with Gasteiger partial charge in [0.05, 0.1) is 46.6 Å². The maximum atomic E-state index is 14.3. The third-order valence-corrected chi connectivity index (χ3v) is 14.3. The number of carbonyl (C=O) groups is 9. The molecular formula is C66H62O25. The lowest BCUT2D eigenvalue weighted by atomic mass is 9.97. The van der Waals surface area contributed by atoms with E-state index >= 15 is 0 Å². The van der Waals surface area contributed by atoms with Crippen molar-refractivity contribution in [2.45, 2.75) is 113 Å². The maximum Gasteiger partial charge on any atom is 0.338 e. The van der Waals surface area contributed by atoms with E-state index in [-0.39, 0.29) is 33.4 Å². The number of rotatable bonds is 24. The molecule has 0 spiro atoms. The Balaban J connectivity index is 1.13. The van der Waals surface area contributed by atoms with Crippen LogP contribution in [0.4, 0.5) is 0 Å². The molecule has 2 N–H and O–H groups in total. The van der Waals surface area contributed by atoms with Gasteiger partial charge in [0.15, 0.2) is 67.7 Å². The Bertz CT molecular complexity index is 3450. The summed E-state index contributed by atoms with van der Waals surface area (Å²) in [6.07, 6.45) is -28.4. The fourth-order valence-electron chi connectivity index (χ4n) is 10.1. The van der Waals surface area contributed by atoms with E-state index in [0.717, 1.165) is 20.8 Å². The Kier molecular flexibility index (Phi) is 22.5. The van der Waals surface area contributed by atoms with E-state index in [1.807, 2.05) is 0 Å². The number of hydrogen-bond acceptors (Lipinski definition) is 25. The van der Waals surface area contributed by atoms with Crippen LogP contribution in [0.3, 0.4) is 0 Å². The van der Waals surface area contributed by atoms with Crippen molar-refractivity contribution < 1.29 is 120 Å². The van der Waals surface area contributed by atoms with Gasteiger partial charge in [-0.1, -0.05) is 109 Å². The third-order valence-electron chi connectivity index (χ3n) is 14.3. The first-order chi connectivity index (χ1) is 44.0. The summed E-state index contributed by atoms with van der Waals surface area (Å²) in [5.74, 6) is -9.02. The molecule has 0 amide bonds. The Hall–Kier alpha value is -9.73. The van der Waals surface area contributed by atoms with Gasteiger partial charge in [-0.05, 0) is 72.8 Å². The molecule has 3 fully saturated rings. The molecule has 0 bridgehead atoms. The molecule has 0 unspecified atom stereocenters. The molecule has 3 aliphatic rings. The van der Waals surface area contributed by atoms with Crippen LogP contribution in [0.2, 0.25) is 0 Å². The van der Waals surface area contributed by atoms with E-state index in [0.29, 0.717) is 0 Å². The van der Waals surface area contributed by atoms with Crippen LogP contribution >= 0.6 is 0 Å². The predicted octanol–water partition coefficient (Wildman–Crippen LogP) is 5.33. The summed E-state index contributed by atoms with van der Waals surface area (Å²) in [7, 11) is 0. The minimum absolute atomic E-state index is 0.00674. The molecule has 3 aliphatic heterocycles. The van der Waals surface area contributed by atoms with Crippen molar-refractivity contribution in [3.63, 3.8) is 0 Å². The Morgan fingerprint density at radius 3 is 1.14 bits per heavy atom. The van der Waals surface area contributed by atoms with Crippen LogP contribution < -0.4 is 0 Å². The van der Waals surface area contributed by atoms with Gasteiger partial charge < -0.3 is 76.5 Å². The minimum Gasteiger partial charge on any atom is -0.463 e. The van der Waals surface area contributed by atoms with Crippen LogP contribution in [0.15, 0.2) is 182 Å². The minimum atomic E-state index is -2.09. The van der Waals surface area contributed by atoms with Crippen LogP contribution in [-0.4, -0.2) is 176 Å². The van der Waals surface area contributed by atoms with Crippen molar-refractivity contribution in [2.24, 2.45) is 0 Å². The largest absolute Gasteiger partial charge is 0.463 e. The highest BCUT2D eigenvalue weighted by Gasteiger charge is 2.60. The molecule has 6 aromatic carbocycles. The highest BCUT2D eigenvalue weighted by molar-refractivity contribution is 5.92. The van der Waals surface area contributed by atoms with E-state index in [2.05, 4.69) is 0 Å². The van der Waals surface area contributed by atoms with Crippen molar-refractivity contribution in [2.75, 3.05) is 19.8 Å². The molecule has 0 radical (unpaired) electrons. The highest BCUT2D eigenvalue weighted by atomic mass is 16.8. The molecule has 0 aromatic heterocycles. The van der Waals surface area contributed by atoms with Gasteiger partial charge in [-0.3, -0.25) is 14.4 Å². The molecule has 6 aromatic rings. The molecule has 9 rings (SSSR count). The van der Waals surface area contributed by atoms with Gasteiger partial charge in [0.25, 0.3) is 0 Å². The fraction of sp³-hybridized carbons (Fsp3) is 0.318. The first kappa shape index (κ1) is 65.7. The van der Waals surface area contributed by atoms with Gasteiger partial charge >= 0.3 is 53.7 Å². The number of benzene rings is 6. The summed E-state index contributed by atoms with van der Waals surface area (Å²) >= 11 is 0. The summed E-state index contributed by atoms with van der Waals surface area (Å²) in [6.45, 7) is 0.296. The van der Waals surface area contributed by atoms with Crippen LogP contribution in [0.25, 0.3) is 0 Å². The van der Waals surface area contributed by atoms with Crippen LogP contribution in [0, 0.1) is 0 Å². The van der Waals surface area contributed by atoms with Gasteiger partial charge in [0.1, 0.15) is 31.0 Å². The molecule has 476 valence electrons. The van der Waals surface area contributed by atoms with Crippen molar-refractivity contribution >= 4 is 53.7 Å². The van der Waals surface area contributed by atoms with E-state index in [1.165, 1.54) is 109 Å². The molecule has 3 saturated heterocycles. The second-order valence-electron chi connectivity index (χ2n) is 20.6. The van der Waals surface area contributed by atoms with Gasteiger partial charge in [-0.25, -0.2) is 28.8 Å². The number of esters is 9. The van der Waals surface area contributed by atoms with E-state index in [4.69, 9.17) is 66.3 Å². The predicted molar refractivity (Wildman–Crippen MR) is 308 cm³/mol. The Morgan fingerprint density at radius 1 is 0.385 bits per heavy atom. The highest BCUT2D eigenvalue weighted by Crippen LogP contribution is 2.39. The SMILES string of the molecule is CC(=O)OC[C@H]1O[C@@H](OC[C@@H](OC(=O)c2ccccc2)[C@@H]2O[C@@H](O)[C@H](OC(=O)c3ccccc3)[C@H]2OC(=O)c2ccccc2)[C@H](OC(C)=O)[C@@H](O[C@@H]2O[C@@H]([C@@H](CO)OC(=O)c3ccccc3)[C@H](OC(=O)c3ccccc3)[C@H]2OC(=O)c2ccccc2)[C@H]1OC(C)=O. The quantitative estimate of drug-likeness (QED) is 0.0571. The molecule has 91 heavy (non-hydrogen) atoms. The topological polar surface area (TPSA) is 323 Å². The standard InChI is InChI=1S/C66H62O25/c1-37(68)78-35-48-50(80-38(2)69)54(91-66-57(89-63(76)45-32-20-9-21-33-45)53(87-61(74)43-28-16-7-17-29-43)49(90-66)46(34-67)82-58(71)40-22-10-4-11-23-40)56(81-39(3)70)65(84-48)79-36-47(83-59(72)41-24-12-5-13-25-41)51-52(86-60(73)42-26-14-6-15-27-42)55(64(77)85-51)88-62(75)44-30-18-8-19-31-44/h4-33,46-57,64-67,77H,34-36H2,1-3H3/t46-,47-,48-,49+,50+,51+,52+,53+,54+,55-,56-,57-,64-,65-,66+/m1/s1. The number of ether oxygens (including phenoxy) is 14. The molecular weight excluding hydrogens is 1190 g/mol. The van der Waals surface area contributed by atoms with Crippen molar-refractivity contribution in [3.05, 3.63) is 215 Å². The zero-order valence-corrected chi connectivity index (χ0v) is 48.9. The average molecular weight is 1260 g/mol. The summed E-state index contributed by atoms with van der Waals surface area (Å²) < 4.78 is 85.1. The number of hydrogen-bond donors (Lipinski definition) is 2. The van der Waals surface area contributed by atoms with Gasteiger partial charge in [0.2, 0.25) is 0 Å². The van der Waals surface area contributed by atoms with Crippen molar-refractivity contribution in [1.29, 1.82) is 0 Å². The molecule has 0 aliphatic carbocycles. The zero-order valence-electron chi connectivity index (χ0n) is 48.9.